The fourth-order valence-corrected chi connectivity index (χ4v) is 4.89. The molecule has 1 aromatic heterocycles. The molecule has 0 saturated carbocycles. The van der Waals surface area contributed by atoms with Gasteiger partial charge in [0, 0.05) is 5.56 Å². The van der Waals surface area contributed by atoms with Crippen LogP contribution in [-0.4, -0.2) is 33.4 Å². The van der Waals surface area contributed by atoms with E-state index in [0.717, 1.165) is 35.2 Å². The standard InChI is InChI=1S/C28H23N3O4/c1-16-9-11-20-21(14-16)30-28(29-20)31-24(17-6-3-2-4-7-17)23(26(33)27(31)34)25(32)19-10-12-22-18(15-19)8-5-13-35-22/h2-4,6-7,9-12,14-15,24,32H,5,8,13H2,1H3,(H,29,30)/b25-23+. The predicted molar refractivity (Wildman–Crippen MR) is 132 cm³/mol. The quantitative estimate of drug-likeness (QED) is 0.257. The number of aliphatic hydroxyl groups is 1. The molecule has 1 atom stereocenters. The highest BCUT2D eigenvalue weighted by atomic mass is 16.5. The Labute approximate surface area is 201 Å². The molecule has 1 unspecified atom stereocenters. The molecule has 2 aliphatic heterocycles. The first kappa shape index (κ1) is 21.2. The normalized spacial score (nSPS) is 19.1. The van der Waals surface area contributed by atoms with Crippen LogP contribution >= 0.6 is 0 Å². The van der Waals surface area contributed by atoms with E-state index in [1.165, 1.54) is 4.90 Å². The Morgan fingerprint density at radius 3 is 2.74 bits per heavy atom. The summed E-state index contributed by atoms with van der Waals surface area (Å²) < 4.78 is 5.68. The van der Waals surface area contributed by atoms with Crippen molar-refractivity contribution in [3.8, 4) is 5.75 Å². The Bertz CT molecular complexity index is 1520. The van der Waals surface area contributed by atoms with Gasteiger partial charge in [0.15, 0.2) is 0 Å². The highest BCUT2D eigenvalue weighted by Crippen LogP contribution is 2.42. The van der Waals surface area contributed by atoms with Gasteiger partial charge in [0.05, 0.1) is 29.3 Å². The van der Waals surface area contributed by atoms with Crippen molar-refractivity contribution in [2.24, 2.45) is 0 Å². The van der Waals surface area contributed by atoms with Crippen LogP contribution in [-0.2, 0) is 16.0 Å². The third-order valence-electron chi connectivity index (χ3n) is 6.59. The number of rotatable bonds is 3. The SMILES string of the molecule is Cc1ccc2nc(N3C(=O)C(=O)/C(=C(/O)c4ccc5c(c4)CCCO5)C3c3ccccc3)[nH]c2c1. The number of benzene rings is 3. The van der Waals surface area contributed by atoms with Crippen LogP contribution in [0.4, 0.5) is 5.95 Å². The lowest BCUT2D eigenvalue weighted by atomic mass is 9.94. The van der Waals surface area contributed by atoms with E-state index >= 15 is 0 Å². The summed E-state index contributed by atoms with van der Waals surface area (Å²) in [6.45, 7) is 2.63. The Balaban J connectivity index is 1.53. The Hall–Kier alpha value is -4.39. The molecule has 3 heterocycles. The zero-order chi connectivity index (χ0) is 24.1. The number of ketones is 1. The molecule has 4 aromatic rings. The van der Waals surface area contributed by atoms with Crippen LogP contribution in [0.3, 0.4) is 0 Å². The third kappa shape index (κ3) is 3.47. The van der Waals surface area contributed by atoms with Crippen LogP contribution in [0.5, 0.6) is 5.75 Å². The molecule has 6 rings (SSSR count). The van der Waals surface area contributed by atoms with Crippen LogP contribution in [0.1, 0.15) is 34.7 Å². The number of imidazole rings is 1. The summed E-state index contributed by atoms with van der Waals surface area (Å²) in [4.78, 5) is 35.9. The van der Waals surface area contributed by atoms with E-state index in [1.54, 1.807) is 12.1 Å². The number of hydrogen-bond donors (Lipinski definition) is 2. The van der Waals surface area contributed by atoms with E-state index in [0.29, 0.717) is 23.3 Å². The van der Waals surface area contributed by atoms with Gasteiger partial charge in [-0.15, -0.1) is 0 Å². The molecule has 1 saturated heterocycles. The topological polar surface area (TPSA) is 95.5 Å². The van der Waals surface area contributed by atoms with Crippen molar-refractivity contribution in [1.82, 2.24) is 9.97 Å². The van der Waals surface area contributed by atoms with Crippen LogP contribution in [0, 0.1) is 6.92 Å². The summed E-state index contributed by atoms with van der Waals surface area (Å²) in [6.07, 6.45) is 1.71. The smallest absolute Gasteiger partial charge is 0.302 e. The Kier molecular flexibility index (Phi) is 4.91. The number of aromatic amines is 1. The molecular weight excluding hydrogens is 442 g/mol. The molecular formula is C28H23N3O4. The zero-order valence-corrected chi connectivity index (χ0v) is 19.1. The highest BCUT2D eigenvalue weighted by Gasteiger charge is 2.48. The minimum Gasteiger partial charge on any atom is -0.507 e. The number of nitrogens with one attached hydrogen (secondary N) is 1. The molecule has 2 aliphatic rings. The Morgan fingerprint density at radius 1 is 1.09 bits per heavy atom. The molecule has 7 heteroatoms. The number of amides is 1. The van der Waals surface area contributed by atoms with Crippen molar-refractivity contribution < 1.29 is 19.4 Å². The first-order valence-electron chi connectivity index (χ1n) is 11.6. The molecule has 0 spiro atoms. The number of aliphatic hydroxyl groups excluding tert-OH is 1. The molecule has 2 N–H and O–H groups in total. The first-order chi connectivity index (χ1) is 17.0. The van der Waals surface area contributed by atoms with Gasteiger partial charge in [-0.2, -0.15) is 0 Å². The van der Waals surface area contributed by atoms with Gasteiger partial charge in [0.2, 0.25) is 5.95 Å². The molecule has 7 nitrogen and oxygen atoms in total. The number of anilines is 1. The number of hydrogen-bond acceptors (Lipinski definition) is 5. The van der Waals surface area contributed by atoms with E-state index in [1.807, 2.05) is 61.5 Å². The van der Waals surface area contributed by atoms with Crippen LogP contribution < -0.4 is 9.64 Å². The molecule has 0 bridgehead atoms. The van der Waals surface area contributed by atoms with E-state index in [2.05, 4.69) is 9.97 Å². The van der Waals surface area contributed by atoms with Crippen molar-refractivity contribution in [2.75, 3.05) is 11.5 Å². The number of Topliss-reactive ketones (excluding diaryl/α,β-unsaturated/α-hetero) is 1. The number of aryl methyl sites for hydroxylation is 2. The second-order valence-electron chi connectivity index (χ2n) is 8.94. The summed E-state index contributed by atoms with van der Waals surface area (Å²) in [6, 6.07) is 19.5. The average Bonchev–Trinajstić information content (AvgIpc) is 3.41. The van der Waals surface area contributed by atoms with Gasteiger partial charge in [0.1, 0.15) is 11.5 Å². The number of aromatic nitrogens is 2. The van der Waals surface area contributed by atoms with Crippen molar-refractivity contribution in [1.29, 1.82) is 0 Å². The maximum absolute atomic E-state index is 13.4. The second kappa shape index (κ2) is 8.13. The average molecular weight is 466 g/mol. The van der Waals surface area contributed by atoms with Crippen molar-refractivity contribution in [3.63, 3.8) is 0 Å². The molecule has 3 aromatic carbocycles. The molecule has 1 fully saturated rings. The van der Waals surface area contributed by atoms with E-state index in [9.17, 15) is 14.7 Å². The molecule has 0 radical (unpaired) electrons. The lowest BCUT2D eigenvalue weighted by Gasteiger charge is -2.23. The monoisotopic (exact) mass is 465 g/mol. The van der Waals surface area contributed by atoms with Crippen molar-refractivity contribution >= 4 is 34.4 Å². The molecule has 35 heavy (non-hydrogen) atoms. The van der Waals surface area contributed by atoms with Crippen LogP contribution in [0.15, 0.2) is 72.3 Å². The summed E-state index contributed by atoms with van der Waals surface area (Å²) in [7, 11) is 0. The fourth-order valence-electron chi connectivity index (χ4n) is 4.89. The van der Waals surface area contributed by atoms with Gasteiger partial charge < -0.3 is 14.8 Å². The number of H-pyrrole nitrogens is 1. The number of carbonyl (C=O) groups is 2. The summed E-state index contributed by atoms with van der Waals surface area (Å²) in [5.41, 5.74) is 4.69. The van der Waals surface area contributed by atoms with Gasteiger partial charge in [-0.3, -0.25) is 14.5 Å². The highest BCUT2D eigenvalue weighted by molar-refractivity contribution is 6.51. The molecule has 0 aliphatic carbocycles. The van der Waals surface area contributed by atoms with Gasteiger partial charge in [-0.1, -0.05) is 36.4 Å². The maximum Gasteiger partial charge on any atom is 0.302 e. The van der Waals surface area contributed by atoms with E-state index in [-0.39, 0.29) is 17.3 Å². The number of fused-ring (bicyclic) bond motifs is 2. The summed E-state index contributed by atoms with van der Waals surface area (Å²) >= 11 is 0. The summed E-state index contributed by atoms with van der Waals surface area (Å²) in [5.74, 6) is -0.649. The van der Waals surface area contributed by atoms with Crippen LogP contribution in [0.25, 0.3) is 16.8 Å². The van der Waals surface area contributed by atoms with Crippen LogP contribution in [0.2, 0.25) is 0 Å². The minimum atomic E-state index is -0.829. The Morgan fingerprint density at radius 2 is 1.91 bits per heavy atom. The van der Waals surface area contributed by atoms with Crippen molar-refractivity contribution in [2.45, 2.75) is 25.8 Å². The fraction of sp³-hybridized carbons (Fsp3) is 0.179. The lowest BCUT2D eigenvalue weighted by Crippen LogP contribution is -2.30. The van der Waals surface area contributed by atoms with Gasteiger partial charge >= 0.3 is 5.91 Å². The van der Waals surface area contributed by atoms with E-state index in [4.69, 9.17) is 4.74 Å². The largest absolute Gasteiger partial charge is 0.507 e. The molecule has 174 valence electrons. The number of ether oxygens (including phenoxy) is 1. The third-order valence-corrected chi connectivity index (χ3v) is 6.59. The van der Waals surface area contributed by atoms with Gasteiger partial charge in [-0.25, -0.2) is 4.98 Å². The minimum absolute atomic E-state index is 0.0366. The van der Waals surface area contributed by atoms with Crippen molar-refractivity contribution in [3.05, 3.63) is 94.6 Å². The number of nitrogens with zero attached hydrogens (tertiary/aromatic N) is 2. The van der Waals surface area contributed by atoms with Gasteiger partial charge in [-0.05, 0) is 66.8 Å². The maximum atomic E-state index is 13.4. The lowest BCUT2D eigenvalue weighted by molar-refractivity contribution is -0.132. The number of carbonyl (C=O) groups excluding carboxylic acids is 2. The van der Waals surface area contributed by atoms with Gasteiger partial charge in [0.25, 0.3) is 5.78 Å². The zero-order valence-electron chi connectivity index (χ0n) is 19.1. The predicted octanol–water partition coefficient (Wildman–Crippen LogP) is 4.82. The first-order valence-corrected chi connectivity index (χ1v) is 11.6. The summed E-state index contributed by atoms with van der Waals surface area (Å²) in [5, 5.41) is 11.4. The molecule has 1 amide bonds. The van der Waals surface area contributed by atoms with E-state index < -0.39 is 17.7 Å². The second-order valence-corrected chi connectivity index (χ2v) is 8.94.